The van der Waals surface area contributed by atoms with Gasteiger partial charge in [0, 0.05) is 37.1 Å². The van der Waals surface area contributed by atoms with Crippen LogP contribution in [0.5, 0.6) is 0 Å². The molecule has 2 aromatic carbocycles. The van der Waals surface area contributed by atoms with Crippen LogP contribution in [-0.2, 0) is 14.3 Å². The molecule has 0 saturated heterocycles. The van der Waals surface area contributed by atoms with Crippen LogP contribution in [0, 0.1) is 26.1 Å². The third kappa shape index (κ3) is 4.65. The predicted octanol–water partition coefficient (Wildman–Crippen LogP) is 4.64. The standard InChI is InChI=1S/C25H24N2O8/c1-3-34-24(28)22-21(16-7-5-9-19(14-16)27(32)33)20-11-10-17(23(20)35-25(22,2)29)12-15-6-4-8-18(13-15)26(30)31/h4-9,12-14,21-22,29H,3,10-11H2,1-2H3. The maximum Gasteiger partial charge on any atom is 0.316 e. The summed E-state index contributed by atoms with van der Waals surface area (Å²) in [5.41, 5.74) is 2.31. The molecule has 0 saturated carbocycles. The van der Waals surface area contributed by atoms with E-state index >= 15 is 0 Å². The second kappa shape index (κ2) is 9.30. The van der Waals surface area contributed by atoms with Crippen molar-refractivity contribution in [1.29, 1.82) is 0 Å². The zero-order valence-corrected chi connectivity index (χ0v) is 19.2. The lowest BCUT2D eigenvalue weighted by Gasteiger charge is -2.42. The summed E-state index contributed by atoms with van der Waals surface area (Å²) in [7, 11) is 0. The quantitative estimate of drug-likeness (QED) is 0.358. The van der Waals surface area contributed by atoms with E-state index in [9.17, 15) is 30.1 Å². The Morgan fingerprint density at radius 2 is 1.80 bits per heavy atom. The molecule has 0 bridgehead atoms. The maximum atomic E-state index is 13.0. The van der Waals surface area contributed by atoms with Crippen molar-refractivity contribution >= 4 is 23.4 Å². The second-order valence-corrected chi connectivity index (χ2v) is 8.59. The normalized spacial score (nSPS) is 24.6. The SMILES string of the molecule is CCOC(=O)C1C(c2cccc([N+](=O)[O-])c2)C2=C(OC1(C)O)C(=Cc1cccc([N+](=O)[O-])c1)CC2. The van der Waals surface area contributed by atoms with Crippen LogP contribution in [0.4, 0.5) is 11.4 Å². The maximum absolute atomic E-state index is 13.0. The van der Waals surface area contributed by atoms with E-state index in [2.05, 4.69) is 0 Å². The highest BCUT2D eigenvalue weighted by atomic mass is 16.6. The molecule has 0 amide bonds. The van der Waals surface area contributed by atoms with Gasteiger partial charge in [-0.25, -0.2) is 0 Å². The molecule has 2 aliphatic rings. The van der Waals surface area contributed by atoms with Gasteiger partial charge in [-0.05, 0) is 48.1 Å². The van der Waals surface area contributed by atoms with E-state index in [0.29, 0.717) is 40.9 Å². The summed E-state index contributed by atoms with van der Waals surface area (Å²) >= 11 is 0. The molecule has 2 aromatic rings. The summed E-state index contributed by atoms with van der Waals surface area (Å²) in [4.78, 5) is 34.6. The molecular formula is C25H24N2O8. The van der Waals surface area contributed by atoms with Crippen LogP contribution < -0.4 is 0 Å². The highest BCUT2D eigenvalue weighted by molar-refractivity contribution is 5.77. The van der Waals surface area contributed by atoms with Gasteiger partial charge in [0.25, 0.3) is 11.4 Å². The van der Waals surface area contributed by atoms with Gasteiger partial charge in [-0.3, -0.25) is 25.0 Å². The minimum absolute atomic E-state index is 0.0556. The van der Waals surface area contributed by atoms with E-state index in [1.807, 2.05) is 0 Å². The summed E-state index contributed by atoms with van der Waals surface area (Å²) in [5.74, 6) is -4.12. The van der Waals surface area contributed by atoms with Crippen LogP contribution in [-0.4, -0.2) is 33.3 Å². The summed E-state index contributed by atoms with van der Waals surface area (Å²) < 4.78 is 11.2. The first kappa shape index (κ1) is 24.1. The van der Waals surface area contributed by atoms with Gasteiger partial charge < -0.3 is 14.6 Å². The average molecular weight is 480 g/mol. The number of allylic oxidation sites excluding steroid dienone is 2. The number of carbonyl (C=O) groups is 1. The van der Waals surface area contributed by atoms with Crippen molar-refractivity contribution in [2.45, 2.75) is 38.4 Å². The third-order valence-corrected chi connectivity index (χ3v) is 6.24. The minimum atomic E-state index is -1.97. The number of non-ortho nitro benzene ring substituents is 2. The minimum Gasteiger partial charge on any atom is -0.466 e. The van der Waals surface area contributed by atoms with Crippen molar-refractivity contribution < 1.29 is 29.2 Å². The smallest absolute Gasteiger partial charge is 0.316 e. The van der Waals surface area contributed by atoms with Crippen LogP contribution in [0.15, 0.2) is 65.4 Å². The van der Waals surface area contributed by atoms with E-state index < -0.39 is 33.4 Å². The number of nitro groups is 2. The number of ether oxygens (including phenoxy) is 2. The fourth-order valence-electron chi connectivity index (χ4n) is 4.79. The average Bonchev–Trinajstić information content (AvgIpc) is 3.19. The number of rotatable bonds is 6. The number of nitrogens with zero attached hydrogens (tertiary/aromatic N) is 2. The first-order chi connectivity index (χ1) is 16.6. The molecule has 0 radical (unpaired) electrons. The molecule has 35 heavy (non-hydrogen) atoms. The molecule has 0 aromatic heterocycles. The number of carbonyl (C=O) groups excluding carboxylic acids is 1. The van der Waals surface area contributed by atoms with Gasteiger partial charge >= 0.3 is 5.97 Å². The Balaban J connectivity index is 1.86. The lowest BCUT2D eigenvalue weighted by Crippen LogP contribution is -2.49. The Labute approximate surface area is 200 Å². The molecule has 4 rings (SSSR count). The van der Waals surface area contributed by atoms with Crippen LogP contribution in [0.25, 0.3) is 6.08 Å². The van der Waals surface area contributed by atoms with E-state index in [1.54, 1.807) is 31.2 Å². The molecule has 10 nitrogen and oxygen atoms in total. The molecule has 1 aliphatic carbocycles. The third-order valence-electron chi connectivity index (χ3n) is 6.24. The lowest BCUT2D eigenvalue weighted by atomic mass is 9.74. The number of hydrogen-bond acceptors (Lipinski definition) is 8. The fourth-order valence-corrected chi connectivity index (χ4v) is 4.79. The molecule has 1 aliphatic heterocycles. The molecule has 10 heteroatoms. The van der Waals surface area contributed by atoms with E-state index in [1.165, 1.54) is 37.3 Å². The number of nitro benzene ring substituents is 2. The Morgan fingerprint density at radius 1 is 1.14 bits per heavy atom. The van der Waals surface area contributed by atoms with Gasteiger partial charge in [0.2, 0.25) is 5.79 Å². The predicted molar refractivity (Wildman–Crippen MR) is 125 cm³/mol. The monoisotopic (exact) mass is 480 g/mol. The molecule has 0 fully saturated rings. The van der Waals surface area contributed by atoms with Gasteiger partial charge in [0.05, 0.1) is 16.5 Å². The van der Waals surface area contributed by atoms with Crippen molar-refractivity contribution in [3.05, 3.63) is 96.8 Å². The molecule has 1 N–H and O–H groups in total. The Kier molecular flexibility index (Phi) is 6.40. The summed E-state index contributed by atoms with van der Waals surface area (Å²) in [6.45, 7) is 3.11. The van der Waals surface area contributed by atoms with Crippen molar-refractivity contribution in [1.82, 2.24) is 0 Å². The Bertz CT molecular complexity index is 1260. The van der Waals surface area contributed by atoms with Crippen molar-refractivity contribution in [2.75, 3.05) is 6.61 Å². The van der Waals surface area contributed by atoms with Gasteiger partial charge in [0.15, 0.2) is 0 Å². The summed E-state index contributed by atoms with van der Waals surface area (Å²) in [5, 5.41) is 33.9. The van der Waals surface area contributed by atoms with Gasteiger partial charge in [-0.1, -0.05) is 24.3 Å². The van der Waals surface area contributed by atoms with Gasteiger partial charge in [0.1, 0.15) is 11.7 Å². The first-order valence-electron chi connectivity index (χ1n) is 11.1. The van der Waals surface area contributed by atoms with Gasteiger partial charge in [-0.15, -0.1) is 0 Å². The molecule has 3 atom stereocenters. The molecule has 0 spiro atoms. The second-order valence-electron chi connectivity index (χ2n) is 8.59. The zero-order chi connectivity index (χ0) is 25.3. The molecule has 3 unspecified atom stereocenters. The number of hydrogen-bond donors (Lipinski definition) is 1. The van der Waals surface area contributed by atoms with Crippen LogP contribution in [0.2, 0.25) is 0 Å². The van der Waals surface area contributed by atoms with Crippen LogP contribution in [0.3, 0.4) is 0 Å². The fraction of sp³-hybridized carbons (Fsp3) is 0.320. The Morgan fingerprint density at radius 3 is 2.46 bits per heavy atom. The Hall–Kier alpha value is -4.05. The zero-order valence-electron chi connectivity index (χ0n) is 19.2. The van der Waals surface area contributed by atoms with Crippen molar-refractivity contribution in [3.8, 4) is 0 Å². The van der Waals surface area contributed by atoms with Gasteiger partial charge in [-0.2, -0.15) is 0 Å². The molecule has 182 valence electrons. The van der Waals surface area contributed by atoms with E-state index in [4.69, 9.17) is 9.47 Å². The topological polar surface area (TPSA) is 142 Å². The highest BCUT2D eigenvalue weighted by Gasteiger charge is 2.54. The molecule has 1 heterocycles. The number of aliphatic hydroxyl groups is 1. The van der Waals surface area contributed by atoms with Crippen molar-refractivity contribution in [2.24, 2.45) is 5.92 Å². The first-order valence-corrected chi connectivity index (χ1v) is 11.1. The number of esters is 1. The summed E-state index contributed by atoms with van der Waals surface area (Å²) in [6.07, 6.45) is 2.74. The van der Waals surface area contributed by atoms with Crippen LogP contribution in [0.1, 0.15) is 43.7 Å². The summed E-state index contributed by atoms with van der Waals surface area (Å²) in [6, 6.07) is 12.1. The number of benzene rings is 2. The van der Waals surface area contributed by atoms with Crippen molar-refractivity contribution in [3.63, 3.8) is 0 Å². The van der Waals surface area contributed by atoms with E-state index in [0.717, 1.165) is 0 Å². The lowest BCUT2D eigenvalue weighted by molar-refractivity contribution is -0.385. The highest BCUT2D eigenvalue weighted by Crippen LogP contribution is 2.53. The van der Waals surface area contributed by atoms with E-state index in [-0.39, 0.29) is 18.0 Å². The largest absolute Gasteiger partial charge is 0.466 e. The van der Waals surface area contributed by atoms with Crippen LogP contribution >= 0.6 is 0 Å². The molecular weight excluding hydrogens is 456 g/mol.